The predicted molar refractivity (Wildman–Crippen MR) is 116 cm³/mol. The van der Waals surface area contributed by atoms with E-state index in [2.05, 4.69) is 75.4 Å². The zero-order valence-corrected chi connectivity index (χ0v) is 17.3. The summed E-state index contributed by atoms with van der Waals surface area (Å²) in [5, 5.41) is 0. The molecule has 0 aliphatic carbocycles. The van der Waals surface area contributed by atoms with Gasteiger partial charge in [-0.1, -0.05) is 76.6 Å². The second-order valence-electron chi connectivity index (χ2n) is 7.06. The van der Waals surface area contributed by atoms with Gasteiger partial charge >= 0.3 is 0 Å². The minimum absolute atomic E-state index is 0.125. The largest absolute Gasteiger partial charge is 0.336 e. The maximum absolute atomic E-state index is 12.8. The van der Waals surface area contributed by atoms with E-state index in [-0.39, 0.29) is 11.9 Å². The lowest BCUT2D eigenvalue weighted by Crippen LogP contribution is -2.49. The highest BCUT2D eigenvalue weighted by atomic mass is 79.9. The number of hydrogen-bond donors (Lipinski definition) is 0. The molecule has 0 spiro atoms. The van der Waals surface area contributed by atoms with Crippen LogP contribution < -0.4 is 0 Å². The fourth-order valence-corrected chi connectivity index (χ4v) is 4.11. The molecule has 4 rings (SSSR count). The van der Waals surface area contributed by atoms with Crippen LogP contribution in [0.2, 0.25) is 0 Å². The monoisotopic (exact) mass is 434 g/mol. The highest BCUT2D eigenvalue weighted by Gasteiger charge is 2.28. The van der Waals surface area contributed by atoms with Crippen molar-refractivity contribution in [1.82, 2.24) is 9.80 Å². The van der Waals surface area contributed by atoms with Crippen molar-refractivity contribution in [3.05, 3.63) is 106 Å². The van der Waals surface area contributed by atoms with E-state index in [4.69, 9.17) is 0 Å². The van der Waals surface area contributed by atoms with Gasteiger partial charge in [0, 0.05) is 36.2 Å². The fourth-order valence-electron chi connectivity index (χ4n) is 3.84. The van der Waals surface area contributed by atoms with Crippen LogP contribution >= 0.6 is 15.9 Å². The number of rotatable bonds is 4. The van der Waals surface area contributed by atoms with Gasteiger partial charge < -0.3 is 4.90 Å². The Labute approximate surface area is 174 Å². The van der Waals surface area contributed by atoms with E-state index in [0.29, 0.717) is 0 Å². The van der Waals surface area contributed by atoms with Gasteiger partial charge in [0.25, 0.3) is 5.91 Å². The molecule has 0 radical (unpaired) electrons. The van der Waals surface area contributed by atoms with Gasteiger partial charge in [0.1, 0.15) is 0 Å². The number of nitrogens with zero attached hydrogens (tertiary/aromatic N) is 2. The Balaban J connectivity index is 1.53. The maximum Gasteiger partial charge on any atom is 0.253 e. The van der Waals surface area contributed by atoms with Crippen molar-refractivity contribution in [2.24, 2.45) is 0 Å². The first-order valence-corrected chi connectivity index (χ1v) is 10.4. The first kappa shape index (κ1) is 18.9. The Bertz CT molecular complexity index is 904. The first-order valence-electron chi connectivity index (χ1n) is 9.61. The van der Waals surface area contributed by atoms with Crippen molar-refractivity contribution in [3.63, 3.8) is 0 Å². The quantitative estimate of drug-likeness (QED) is 0.576. The Hall–Kier alpha value is -2.43. The van der Waals surface area contributed by atoms with Gasteiger partial charge in [-0.2, -0.15) is 0 Å². The normalized spacial score (nSPS) is 16.0. The van der Waals surface area contributed by atoms with Crippen molar-refractivity contribution in [3.8, 4) is 0 Å². The molecule has 4 heteroatoms. The number of halogens is 1. The maximum atomic E-state index is 12.8. The van der Waals surface area contributed by atoms with Gasteiger partial charge in [-0.15, -0.1) is 0 Å². The number of carbonyl (C=O) groups excluding carboxylic acids is 1. The highest BCUT2D eigenvalue weighted by Crippen LogP contribution is 2.30. The average Bonchev–Trinajstić information content (AvgIpc) is 2.77. The van der Waals surface area contributed by atoms with Gasteiger partial charge in [-0.05, 0) is 35.4 Å². The van der Waals surface area contributed by atoms with E-state index in [1.807, 2.05) is 35.2 Å². The summed E-state index contributed by atoms with van der Waals surface area (Å²) in [5.74, 6) is 0.125. The van der Waals surface area contributed by atoms with E-state index in [0.717, 1.165) is 36.2 Å². The molecular formula is C24H23BrN2O. The second-order valence-corrected chi connectivity index (χ2v) is 7.97. The minimum Gasteiger partial charge on any atom is -0.336 e. The lowest BCUT2D eigenvalue weighted by molar-refractivity contribution is 0.0597. The van der Waals surface area contributed by atoms with Gasteiger partial charge in [0.2, 0.25) is 0 Å². The molecule has 3 aromatic carbocycles. The average molecular weight is 435 g/mol. The summed E-state index contributed by atoms with van der Waals surface area (Å²) in [5.41, 5.74) is 3.33. The van der Waals surface area contributed by atoms with Gasteiger partial charge in [0.05, 0.1) is 6.04 Å². The topological polar surface area (TPSA) is 23.6 Å². The Morgan fingerprint density at radius 3 is 1.86 bits per heavy atom. The molecule has 1 atom stereocenters. The predicted octanol–water partition coefficient (Wildman–Crippen LogP) is 5.00. The molecule has 142 valence electrons. The van der Waals surface area contributed by atoms with Crippen molar-refractivity contribution < 1.29 is 4.79 Å². The summed E-state index contributed by atoms with van der Waals surface area (Å²) >= 11 is 3.54. The molecule has 1 aliphatic heterocycles. The summed E-state index contributed by atoms with van der Waals surface area (Å²) in [7, 11) is 0. The third-order valence-corrected chi connectivity index (χ3v) is 5.82. The molecule has 1 heterocycles. The van der Waals surface area contributed by atoms with Crippen molar-refractivity contribution in [2.45, 2.75) is 6.04 Å². The molecule has 0 unspecified atom stereocenters. The van der Waals surface area contributed by atoms with E-state index in [1.54, 1.807) is 0 Å². The van der Waals surface area contributed by atoms with Crippen molar-refractivity contribution in [1.29, 1.82) is 0 Å². The van der Waals surface area contributed by atoms with Crippen LogP contribution in [0.4, 0.5) is 0 Å². The molecule has 0 aromatic heterocycles. The number of hydrogen-bond acceptors (Lipinski definition) is 2. The van der Waals surface area contributed by atoms with Crippen LogP contribution in [-0.2, 0) is 0 Å². The minimum atomic E-state index is 0.125. The van der Waals surface area contributed by atoms with Crippen molar-refractivity contribution >= 4 is 21.8 Å². The van der Waals surface area contributed by atoms with Gasteiger partial charge in [-0.25, -0.2) is 0 Å². The highest BCUT2D eigenvalue weighted by molar-refractivity contribution is 9.10. The number of piperazine rings is 1. The lowest BCUT2D eigenvalue weighted by atomic mass is 9.96. The van der Waals surface area contributed by atoms with E-state index >= 15 is 0 Å². The standard InChI is InChI=1S/C24H23BrN2O/c25-22-13-11-20(12-14-22)23(19-7-3-1-4-8-19)26-15-17-27(18-16-26)24(28)21-9-5-2-6-10-21/h1-14,23H,15-18H2/t23-/m1/s1. The molecule has 28 heavy (non-hydrogen) atoms. The summed E-state index contributed by atoms with van der Waals surface area (Å²) in [6, 6.07) is 28.9. The third kappa shape index (κ3) is 4.18. The molecular weight excluding hydrogens is 412 g/mol. The summed E-state index contributed by atoms with van der Waals surface area (Å²) in [4.78, 5) is 17.2. The molecule has 0 bridgehead atoms. The Kier molecular flexibility index (Phi) is 5.89. The third-order valence-electron chi connectivity index (χ3n) is 5.29. The van der Waals surface area contributed by atoms with Crippen LogP contribution in [-0.4, -0.2) is 41.9 Å². The zero-order chi connectivity index (χ0) is 19.3. The van der Waals surface area contributed by atoms with Crippen LogP contribution in [0, 0.1) is 0 Å². The van der Waals surface area contributed by atoms with Crippen LogP contribution in [0.1, 0.15) is 27.5 Å². The smallest absolute Gasteiger partial charge is 0.253 e. The fraction of sp³-hybridized carbons (Fsp3) is 0.208. The molecule has 3 nitrogen and oxygen atoms in total. The second kappa shape index (κ2) is 8.72. The molecule has 1 aliphatic rings. The number of amides is 1. The summed E-state index contributed by atoms with van der Waals surface area (Å²) < 4.78 is 1.08. The van der Waals surface area contributed by atoms with Gasteiger partial charge in [-0.3, -0.25) is 9.69 Å². The van der Waals surface area contributed by atoms with Crippen LogP contribution in [0.25, 0.3) is 0 Å². The Morgan fingerprint density at radius 1 is 0.714 bits per heavy atom. The van der Waals surface area contributed by atoms with Crippen LogP contribution in [0.3, 0.4) is 0 Å². The molecule has 1 saturated heterocycles. The van der Waals surface area contributed by atoms with Crippen LogP contribution in [0.5, 0.6) is 0 Å². The number of carbonyl (C=O) groups is 1. The molecule has 1 fully saturated rings. The molecule has 1 amide bonds. The number of benzene rings is 3. The lowest BCUT2D eigenvalue weighted by Gasteiger charge is -2.39. The van der Waals surface area contributed by atoms with Crippen LogP contribution in [0.15, 0.2) is 89.4 Å². The van der Waals surface area contributed by atoms with Crippen molar-refractivity contribution in [2.75, 3.05) is 26.2 Å². The Morgan fingerprint density at radius 2 is 1.25 bits per heavy atom. The molecule has 0 saturated carbocycles. The van der Waals surface area contributed by atoms with E-state index in [1.165, 1.54) is 11.1 Å². The zero-order valence-electron chi connectivity index (χ0n) is 15.7. The summed E-state index contributed by atoms with van der Waals surface area (Å²) in [6.07, 6.45) is 0. The van der Waals surface area contributed by atoms with E-state index in [9.17, 15) is 4.79 Å². The molecule has 0 N–H and O–H groups in total. The molecule has 3 aromatic rings. The van der Waals surface area contributed by atoms with E-state index < -0.39 is 0 Å². The first-order chi connectivity index (χ1) is 13.7. The summed E-state index contributed by atoms with van der Waals surface area (Å²) in [6.45, 7) is 3.20. The SMILES string of the molecule is O=C(c1ccccc1)N1CCN([C@H](c2ccccc2)c2ccc(Br)cc2)CC1. The van der Waals surface area contributed by atoms with Gasteiger partial charge in [0.15, 0.2) is 0 Å².